The van der Waals surface area contributed by atoms with Crippen LogP contribution in [0.4, 0.5) is 5.69 Å². The van der Waals surface area contributed by atoms with Gasteiger partial charge in [-0.05, 0) is 50.4 Å². The number of para-hydroxylation sites is 2. The highest BCUT2D eigenvalue weighted by Crippen LogP contribution is 2.20. The zero-order chi connectivity index (χ0) is 12.8. The molecule has 2 N–H and O–H groups in total. The SMILES string of the molecule is CC1CCCN(CCOc2ccccc2N)CC1. The molecule has 1 saturated heterocycles. The second-order valence-corrected chi connectivity index (χ2v) is 5.26. The Labute approximate surface area is 110 Å². The molecule has 2 rings (SSSR count). The fourth-order valence-corrected chi connectivity index (χ4v) is 2.44. The van der Waals surface area contributed by atoms with E-state index in [9.17, 15) is 0 Å². The van der Waals surface area contributed by atoms with Crippen LogP contribution in [0.5, 0.6) is 5.75 Å². The third-order valence-electron chi connectivity index (χ3n) is 3.69. The van der Waals surface area contributed by atoms with Gasteiger partial charge in [0.25, 0.3) is 0 Å². The number of anilines is 1. The molecule has 0 saturated carbocycles. The minimum Gasteiger partial charge on any atom is -0.490 e. The topological polar surface area (TPSA) is 38.5 Å². The van der Waals surface area contributed by atoms with Gasteiger partial charge in [-0.25, -0.2) is 0 Å². The zero-order valence-corrected chi connectivity index (χ0v) is 11.3. The maximum absolute atomic E-state index is 5.84. The molecule has 1 unspecified atom stereocenters. The average molecular weight is 248 g/mol. The molecule has 0 bridgehead atoms. The summed E-state index contributed by atoms with van der Waals surface area (Å²) >= 11 is 0. The van der Waals surface area contributed by atoms with Gasteiger partial charge >= 0.3 is 0 Å². The lowest BCUT2D eigenvalue weighted by Crippen LogP contribution is -2.29. The number of benzene rings is 1. The van der Waals surface area contributed by atoms with Crippen LogP contribution in [0.1, 0.15) is 26.2 Å². The number of nitrogens with two attached hydrogens (primary N) is 1. The standard InChI is InChI=1S/C15H24N2O/c1-13-5-4-9-17(10-8-13)11-12-18-15-7-3-2-6-14(15)16/h2-3,6-7,13H,4-5,8-12,16H2,1H3. The fraction of sp³-hybridized carbons (Fsp3) is 0.600. The number of ether oxygens (including phenoxy) is 1. The van der Waals surface area contributed by atoms with Crippen molar-refractivity contribution in [1.82, 2.24) is 4.90 Å². The van der Waals surface area contributed by atoms with E-state index in [1.165, 1.54) is 32.4 Å². The second kappa shape index (κ2) is 6.64. The van der Waals surface area contributed by atoms with Crippen molar-refractivity contribution in [2.75, 3.05) is 32.0 Å². The first-order valence-electron chi connectivity index (χ1n) is 6.95. The third kappa shape index (κ3) is 3.91. The van der Waals surface area contributed by atoms with Gasteiger partial charge in [-0.1, -0.05) is 19.1 Å². The molecule has 1 atom stereocenters. The number of likely N-dealkylation sites (tertiary alicyclic amines) is 1. The molecule has 1 aliphatic heterocycles. The summed E-state index contributed by atoms with van der Waals surface area (Å²) in [4.78, 5) is 2.50. The smallest absolute Gasteiger partial charge is 0.142 e. The molecule has 1 fully saturated rings. The average Bonchev–Trinajstić information content (AvgIpc) is 2.57. The van der Waals surface area contributed by atoms with Gasteiger partial charge in [-0.3, -0.25) is 4.90 Å². The first kappa shape index (κ1) is 13.2. The predicted octanol–water partition coefficient (Wildman–Crippen LogP) is 2.77. The lowest BCUT2D eigenvalue weighted by atomic mass is 10.0. The summed E-state index contributed by atoms with van der Waals surface area (Å²) in [5.74, 6) is 1.68. The van der Waals surface area contributed by atoms with Gasteiger partial charge in [-0.2, -0.15) is 0 Å². The molecule has 1 aromatic carbocycles. The van der Waals surface area contributed by atoms with E-state index in [1.54, 1.807) is 0 Å². The minimum atomic E-state index is 0.724. The van der Waals surface area contributed by atoms with Crippen molar-refractivity contribution in [3.63, 3.8) is 0 Å². The van der Waals surface area contributed by atoms with Crippen LogP contribution >= 0.6 is 0 Å². The molecular weight excluding hydrogens is 224 g/mol. The van der Waals surface area contributed by atoms with Gasteiger partial charge in [-0.15, -0.1) is 0 Å². The summed E-state index contributed by atoms with van der Waals surface area (Å²) in [7, 11) is 0. The Hall–Kier alpha value is -1.22. The Morgan fingerprint density at radius 3 is 2.94 bits per heavy atom. The van der Waals surface area contributed by atoms with Crippen LogP contribution < -0.4 is 10.5 Å². The van der Waals surface area contributed by atoms with Crippen molar-refractivity contribution in [1.29, 1.82) is 0 Å². The number of nitrogen functional groups attached to an aromatic ring is 1. The van der Waals surface area contributed by atoms with Crippen molar-refractivity contribution in [2.45, 2.75) is 26.2 Å². The summed E-state index contributed by atoms with van der Waals surface area (Å²) in [6, 6.07) is 7.69. The number of nitrogens with zero attached hydrogens (tertiary/aromatic N) is 1. The molecule has 0 spiro atoms. The first-order valence-corrected chi connectivity index (χ1v) is 6.95. The van der Waals surface area contributed by atoms with E-state index in [0.717, 1.165) is 30.5 Å². The van der Waals surface area contributed by atoms with Gasteiger partial charge in [0.05, 0.1) is 5.69 Å². The quantitative estimate of drug-likeness (QED) is 0.833. The van der Waals surface area contributed by atoms with Crippen LogP contribution in [-0.2, 0) is 0 Å². The molecule has 0 aliphatic carbocycles. The van der Waals surface area contributed by atoms with Gasteiger partial charge in [0, 0.05) is 6.54 Å². The van der Waals surface area contributed by atoms with E-state index >= 15 is 0 Å². The van der Waals surface area contributed by atoms with E-state index < -0.39 is 0 Å². The van der Waals surface area contributed by atoms with Crippen molar-refractivity contribution >= 4 is 5.69 Å². The molecular formula is C15H24N2O. The Balaban J connectivity index is 1.73. The molecule has 3 heteroatoms. The van der Waals surface area contributed by atoms with Gasteiger partial charge in [0.2, 0.25) is 0 Å². The molecule has 1 heterocycles. The Morgan fingerprint density at radius 1 is 1.28 bits per heavy atom. The first-order chi connectivity index (χ1) is 8.75. The zero-order valence-electron chi connectivity index (χ0n) is 11.3. The Morgan fingerprint density at radius 2 is 2.11 bits per heavy atom. The third-order valence-corrected chi connectivity index (χ3v) is 3.69. The van der Waals surface area contributed by atoms with Gasteiger partial charge in [0.1, 0.15) is 12.4 Å². The van der Waals surface area contributed by atoms with Crippen LogP contribution in [0.15, 0.2) is 24.3 Å². The van der Waals surface area contributed by atoms with Crippen LogP contribution in [0, 0.1) is 5.92 Å². The molecule has 0 aromatic heterocycles. The predicted molar refractivity (Wildman–Crippen MR) is 75.8 cm³/mol. The van der Waals surface area contributed by atoms with E-state index in [1.807, 2.05) is 24.3 Å². The number of rotatable bonds is 4. The maximum Gasteiger partial charge on any atom is 0.142 e. The lowest BCUT2D eigenvalue weighted by molar-refractivity contribution is 0.213. The monoisotopic (exact) mass is 248 g/mol. The van der Waals surface area contributed by atoms with Crippen molar-refractivity contribution in [3.8, 4) is 5.75 Å². The number of hydrogen-bond donors (Lipinski definition) is 1. The van der Waals surface area contributed by atoms with Crippen molar-refractivity contribution < 1.29 is 4.74 Å². The van der Waals surface area contributed by atoms with E-state index in [2.05, 4.69) is 11.8 Å². The summed E-state index contributed by atoms with van der Waals surface area (Å²) in [5.41, 5.74) is 6.57. The Kier molecular flexibility index (Phi) is 4.88. The molecule has 0 amide bonds. The summed E-state index contributed by atoms with van der Waals surface area (Å²) in [6.45, 7) is 6.49. The van der Waals surface area contributed by atoms with Crippen molar-refractivity contribution in [2.24, 2.45) is 5.92 Å². The highest BCUT2D eigenvalue weighted by atomic mass is 16.5. The van der Waals surface area contributed by atoms with Crippen LogP contribution in [-0.4, -0.2) is 31.1 Å². The normalized spacial score (nSPS) is 21.5. The van der Waals surface area contributed by atoms with Crippen LogP contribution in [0.3, 0.4) is 0 Å². The molecule has 1 aromatic rings. The van der Waals surface area contributed by atoms with E-state index in [-0.39, 0.29) is 0 Å². The largest absolute Gasteiger partial charge is 0.490 e. The summed E-state index contributed by atoms with van der Waals surface area (Å²) in [6.07, 6.45) is 3.99. The second-order valence-electron chi connectivity index (χ2n) is 5.26. The number of hydrogen-bond acceptors (Lipinski definition) is 3. The Bertz CT molecular complexity index is 367. The highest BCUT2D eigenvalue weighted by Gasteiger charge is 2.13. The minimum absolute atomic E-state index is 0.724. The molecule has 18 heavy (non-hydrogen) atoms. The van der Waals surface area contributed by atoms with Gasteiger partial charge < -0.3 is 10.5 Å². The molecule has 3 nitrogen and oxygen atoms in total. The lowest BCUT2D eigenvalue weighted by Gasteiger charge is -2.20. The molecule has 0 radical (unpaired) electrons. The maximum atomic E-state index is 5.84. The van der Waals surface area contributed by atoms with Gasteiger partial charge in [0.15, 0.2) is 0 Å². The summed E-state index contributed by atoms with van der Waals surface area (Å²) < 4.78 is 5.74. The van der Waals surface area contributed by atoms with Crippen molar-refractivity contribution in [3.05, 3.63) is 24.3 Å². The van der Waals surface area contributed by atoms with E-state index in [4.69, 9.17) is 10.5 Å². The van der Waals surface area contributed by atoms with Crippen LogP contribution in [0.2, 0.25) is 0 Å². The van der Waals surface area contributed by atoms with E-state index in [0.29, 0.717) is 0 Å². The molecule has 1 aliphatic rings. The summed E-state index contributed by atoms with van der Waals surface area (Å²) in [5, 5.41) is 0. The fourth-order valence-electron chi connectivity index (χ4n) is 2.44. The highest BCUT2D eigenvalue weighted by molar-refractivity contribution is 5.51. The molecule has 100 valence electrons. The van der Waals surface area contributed by atoms with Crippen LogP contribution in [0.25, 0.3) is 0 Å².